The Bertz CT molecular complexity index is 1900. The van der Waals surface area contributed by atoms with Crippen molar-refractivity contribution < 1.29 is 34.1 Å². The summed E-state index contributed by atoms with van der Waals surface area (Å²) in [6.45, 7) is 0. The van der Waals surface area contributed by atoms with E-state index in [9.17, 15) is 29.4 Å². The van der Waals surface area contributed by atoms with Crippen molar-refractivity contribution in [1.82, 2.24) is 0 Å². The number of terminal acetylenes is 4. The summed E-state index contributed by atoms with van der Waals surface area (Å²) in [6, 6.07) is 17.4. The van der Waals surface area contributed by atoms with E-state index < -0.39 is 23.8 Å². The zero-order chi connectivity index (χ0) is 32.7. The van der Waals surface area contributed by atoms with E-state index in [1.165, 1.54) is 24.3 Å². The summed E-state index contributed by atoms with van der Waals surface area (Å²) in [5.41, 5.74) is 0.621. The third-order valence-electron chi connectivity index (χ3n) is 6.35. The van der Waals surface area contributed by atoms with Crippen molar-refractivity contribution in [1.29, 1.82) is 0 Å². The molecule has 4 N–H and O–H groups in total. The molecule has 4 aromatic carbocycles. The number of ether oxygens (including phenoxy) is 1. The van der Waals surface area contributed by atoms with Crippen LogP contribution in [0.25, 0.3) is 0 Å². The topological polar surface area (TPSA) is 142 Å². The van der Waals surface area contributed by atoms with Crippen LogP contribution in [-0.2, 0) is 0 Å². The number of benzene rings is 4. The highest BCUT2D eigenvalue weighted by atomic mass is 16.5. The molecule has 45 heavy (non-hydrogen) atoms. The number of carbonyl (C=O) groups excluding carboxylic acids is 2. The van der Waals surface area contributed by atoms with E-state index in [2.05, 4.69) is 34.3 Å². The summed E-state index contributed by atoms with van der Waals surface area (Å²) >= 11 is 0. The number of rotatable bonds is 8. The maximum Gasteiger partial charge on any atom is 0.336 e. The zero-order valence-corrected chi connectivity index (χ0v) is 23.2. The smallest absolute Gasteiger partial charge is 0.336 e. The van der Waals surface area contributed by atoms with Gasteiger partial charge in [0.1, 0.15) is 11.5 Å². The van der Waals surface area contributed by atoms with Crippen LogP contribution in [-0.4, -0.2) is 34.0 Å². The molecule has 216 valence electrons. The molecular weight excluding hydrogens is 572 g/mol. The summed E-state index contributed by atoms with van der Waals surface area (Å²) in [4.78, 5) is 49.2. The number of carbonyl (C=O) groups is 4. The van der Waals surface area contributed by atoms with Crippen LogP contribution in [0, 0.1) is 49.4 Å². The van der Waals surface area contributed by atoms with Gasteiger partial charge in [0.25, 0.3) is 11.8 Å². The van der Waals surface area contributed by atoms with Gasteiger partial charge in [0.15, 0.2) is 0 Å². The molecule has 9 nitrogen and oxygen atoms in total. The van der Waals surface area contributed by atoms with Gasteiger partial charge in [-0.05, 0) is 72.8 Å². The molecule has 0 atom stereocenters. The SMILES string of the molecule is C#Cc1cc(C(=O)O)c(C(=O)Nc2ccc(Oc3ccc(NC(=O)c4cc(C#C)c(C#C)cc4C(=O)O)cc3)cc2)cc1C#C. The fraction of sp³-hybridized carbons (Fsp3) is 0. The second-order valence-corrected chi connectivity index (χ2v) is 9.13. The van der Waals surface area contributed by atoms with Gasteiger partial charge in [-0.2, -0.15) is 0 Å². The molecule has 0 aliphatic rings. The minimum Gasteiger partial charge on any atom is -0.478 e. The highest BCUT2D eigenvalue weighted by Crippen LogP contribution is 2.26. The maximum absolute atomic E-state index is 12.9. The largest absolute Gasteiger partial charge is 0.478 e. The number of hydrogen-bond acceptors (Lipinski definition) is 5. The molecule has 0 aliphatic heterocycles. The fourth-order valence-electron chi connectivity index (χ4n) is 4.15. The standard InChI is InChI=1S/C36H20N2O7/c1-5-21-17-29(31(35(41)42)19-23(21)7-3)33(39)37-25-9-13-27(14-10-25)45-28-15-11-26(12-16-28)38-34(40)30-18-22(6-2)24(8-4)20-32(30)36(43)44/h1-4,9-20H,(H,37,39)(H,38,40)(H,41,42)(H,43,44). The van der Waals surface area contributed by atoms with Crippen LogP contribution in [0.15, 0.2) is 72.8 Å². The summed E-state index contributed by atoms with van der Waals surface area (Å²) in [6.07, 6.45) is 21.7. The molecule has 4 aromatic rings. The minimum atomic E-state index is -1.34. The van der Waals surface area contributed by atoms with Gasteiger partial charge in [0.2, 0.25) is 0 Å². The molecule has 2 amide bonds. The Hall–Kier alpha value is -7.20. The monoisotopic (exact) mass is 592 g/mol. The number of hydrogen-bond donors (Lipinski definition) is 4. The van der Waals surface area contributed by atoms with Crippen molar-refractivity contribution in [2.75, 3.05) is 10.6 Å². The minimum absolute atomic E-state index is 0.151. The number of anilines is 2. The molecule has 0 saturated carbocycles. The van der Waals surface area contributed by atoms with Crippen molar-refractivity contribution in [2.45, 2.75) is 0 Å². The molecule has 4 rings (SSSR count). The van der Waals surface area contributed by atoms with E-state index >= 15 is 0 Å². The average molecular weight is 593 g/mol. The van der Waals surface area contributed by atoms with Crippen molar-refractivity contribution in [3.8, 4) is 60.9 Å². The third kappa shape index (κ3) is 6.83. The van der Waals surface area contributed by atoms with E-state index in [0.717, 1.165) is 0 Å². The van der Waals surface area contributed by atoms with Gasteiger partial charge in [0.05, 0.1) is 22.3 Å². The first kappa shape index (κ1) is 30.8. The van der Waals surface area contributed by atoms with Gasteiger partial charge in [-0.25, -0.2) is 9.59 Å². The van der Waals surface area contributed by atoms with E-state index in [4.69, 9.17) is 30.4 Å². The Labute approximate surface area is 257 Å². The first-order chi connectivity index (χ1) is 21.6. The van der Waals surface area contributed by atoms with Gasteiger partial charge in [0, 0.05) is 33.6 Å². The van der Waals surface area contributed by atoms with Crippen molar-refractivity contribution in [3.63, 3.8) is 0 Å². The second kappa shape index (κ2) is 13.2. The lowest BCUT2D eigenvalue weighted by molar-refractivity contribution is 0.0683. The number of carboxylic acid groups (broad SMARTS) is 2. The Morgan fingerprint density at radius 2 is 0.800 bits per heavy atom. The maximum atomic E-state index is 12.9. The Kier molecular flexibility index (Phi) is 9.01. The van der Waals surface area contributed by atoms with Crippen molar-refractivity contribution in [3.05, 3.63) is 117 Å². The molecule has 0 aromatic heterocycles. The summed E-state index contributed by atoms with van der Waals surface area (Å²) in [5.74, 6) is 6.08. The Balaban J connectivity index is 1.44. The molecule has 0 aliphatic carbocycles. The van der Waals surface area contributed by atoms with Crippen LogP contribution < -0.4 is 15.4 Å². The van der Waals surface area contributed by atoms with Gasteiger partial charge in [-0.15, -0.1) is 25.7 Å². The number of aromatic carboxylic acids is 2. The second-order valence-electron chi connectivity index (χ2n) is 9.13. The molecule has 0 bridgehead atoms. The van der Waals surface area contributed by atoms with E-state index in [0.29, 0.717) is 22.9 Å². The van der Waals surface area contributed by atoms with Crippen molar-refractivity contribution in [2.24, 2.45) is 0 Å². The van der Waals surface area contributed by atoms with Crippen molar-refractivity contribution >= 4 is 35.1 Å². The number of carboxylic acids is 2. The normalized spacial score (nSPS) is 9.78. The molecule has 0 heterocycles. The summed E-state index contributed by atoms with van der Waals surface area (Å²) < 4.78 is 5.82. The Morgan fingerprint density at radius 3 is 1.07 bits per heavy atom. The molecule has 0 spiro atoms. The fourth-order valence-corrected chi connectivity index (χ4v) is 4.15. The number of nitrogens with one attached hydrogen (secondary N) is 2. The van der Waals surface area contributed by atoms with Gasteiger partial charge < -0.3 is 25.6 Å². The molecule has 0 saturated heterocycles. The molecule has 0 radical (unpaired) electrons. The lowest BCUT2D eigenvalue weighted by Crippen LogP contribution is -2.17. The van der Waals surface area contributed by atoms with Crippen LogP contribution in [0.3, 0.4) is 0 Å². The van der Waals surface area contributed by atoms with Crippen LogP contribution in [0.4, 0.5) is 11.4 Å². The lowest BCUT2D eigenvalue weighted by atomic mass is 9.98. The quantitative estimate of drug-likeness (QED) is 0.203. The first-order valence-corrected chi connectivity index (χ1v) is 12.8. The number of amides is 2. The van der Waals surface area contributed by atoms with Crippen LogP contribution >= 0.6 is 0 Å². The van der Waals surface area contributed by atoms with E-state index in [1.807, 2.05) is 0 Å². The Morgan fingerprint density at radius 1 is 0.511 bits per heavy atom. The summed E-state index contributed by atoms with van der Waals surface area (Å²) in [7, 11) is 0. The predicted molar refractivity (Wildman–Crippen MR) is 167 cm³/mol. The molecule has 9 heteroatoms. The van der Waals surface area contributed by atoms with Gasteiger partial charge in [-0.3, -0.25) is 9.59 Å². The average Bonchev–Trinajstić information content (AvgIpc) is 3.04. The third-order valence-corrected chi connectivity index (χ3v) is 6.35. The van der Waals surface area contributed by atoms with Crippen LogP contribution in [0.2, 0.25) is 0 Å². The highest BCUT2D eigenvalue weighted by Gasteiger charge is 2.21. The molecular formula is C36H20N2O7. The van der Waals surface area contributed by atoms with E-state index in [1.54, 1.807) is 48.5 Å². The first-order valence-electron chi connectivity index (χ1n) is 12.8. The summed E-state index contributed by atoms with van der Waals surface area (Å²) in [5, 5.41) is 24.3. The van der Waals surface area contributed by atoms with Gasteiger partial charge >= 0.3 is 11.9 Å². The van der Waals surface area contributed by atoms with Crippen LogP contribution in [0.1, 0.15) is 63.7 Å². The predicted octanol–water partition coefficient (Wildman–Crippen LogP) is 5.31. The lowest BCUT2D eigenvalue weighted by Gasteiger charge is -2.12. The van der Waals surface area contributed by atoms with E-state index in [-0.39, 0.29) is 44.5 Å². The highest BCUT2D eigenvalue weighted by molar-refractivity contribution is 6.12. The molecule has 0 unspecified atom stereocenters. The molecule has 0 fully saturated rings. The van der Waals surface area contributed by atoms with Gasteiger partial charge in [-0.1, -0.05) is 23.7 Å². The van der Waals surface area contributed by atoms with Crippen LogP contribution in [0.5, 0.6) is 11.5 Å². The zero-order valence-electron chi connectivity index (χ0n) is 23.2.